The lowest BCUT2D eigenvalue weighted by atomic mass is 9.95. The average molecular weight is 266 g/mol. The highest BCUT2D eigenvalue weighted by molar-refractivity contribution is 7.10. The molecule has 1 aromatic rings. The van der Waals surface area contributed by atoms with E-state index in [1.54, 1.807) is 0 Å². The molecule has 0 amide bonds. The lowest BCUT2D eigenvalue weighted by molar-refractivity contribution is 0.157. The zero-order chi connectivity index (χ0) is 13.1. The summed E-state index contributed by atoms with van der Waals surface area (Å²) in [4.78, 5) is 3.95. The molecule has 0 saturated carbocycles. The summed E-state index contributed by atoms with van der Waals surface area (Å²) in [6, 6.07) is 6.32. The molecule has 2 heterocycles. The van der Waals surface area contributed by atoms with E-state index in [1.165, 1.54) is 24.3 Å². The minimum Gasteiger partial charge on any atom is -0.306 e. The maximum atomic E-state index is 3.89. The Bertz CT molecular complexity index is 347. The van der Waals surface area contributed by atoms with Crippen LogP contribution >= 0.6 is 11.3 Å². The van der Waals surface area contributed by atoms with E-state index >= 15 is 0 Å². The van der Waals surface area contributed by atoms with Crippen LogP contribution in [0, 0.1) is 5.92 Å². The van der Waals surface area contributed by atoms with Crippen LogP contribution < -0.4 is 5.32 Å². The maximum Gasteiger partial charge on any atom is 0.0440 e. The molecule has 0 aromatic carbocycles. The fourth-order valence-electron chi connectivity index (χ4n) is 2.77. The fraction of sp³-hybridized carbons (Fsp3) is 0.733. The molecule has 18 heavy (non-hydrogen) atoms. The topological polar surface area (TPSA) is 15.3 Å². The van der Waals surface area contributed by atoms with Crippen LogP contribution in [0.2, 0.25) is 0 Å². The number of piperidine rings is 1. The Balaban J connectivity index is 1.98. The van der Waals surface area contributed by atoms with Crippen LogP contribution in [0.25, 0.3) is 0 Å². The zero-order valence-corrected chi connectivity index (χ0v) is 12.8. The van der Waals surface area contributed by atoms with E-state index in [0.717, 1.165) is 0 Å². The Morgan fingerprint density at radius 2 is 2.22 bits per heavy atom. The number of hydrogen-bond donors (Lipinski definition) is 1. The molecule has 0 spiro atoms. The molecule has 1 aliphatic rings. The summed E-state index contributed by atoms with van der Waals surface area (Å²) >= 11 is 1.88. The number of hydrogen-bond acceptors (Lipinski definition) is 3. The highest BCUT2D eigenvalue weighted by atomic mass is 32.1. The molecule has 1 aromatic heterocycles. The van der Waals surface area contributed by atoms with E-state index in [9.17, 15) is 0 Å². The van der Waals surface area contributed by atoms with Crippen molar-refractivity contribution in [2.45, 2.75) is 51.7 Å². The largest absolute Gasteiger partial charge is 0.306 e. The Morgan fingerprint density at radius 3 is 2.78 bits per heavy atom. The third kappa shape index (κ3) is 3.34. The standard InChI is InChI=1S/C15H26N2S/c1-11(2)15(14-6-5-9-18-14)16-13-7-8-17(4)12(3)10-13/h5-6,9,11-13,15-16H,7-8,10H2,1-4H3. The summed E-state index contributed by atoms with van der Waals surface area (Å²) in [6.45, 7) is 8.18. The van der Waals surface area contributed by atoms with Crippen molar-refractivity contribution in [3.8, 4) is 0 Å². The van der Waals surface area contributed by atoms with Gasteiger partial charge in [-0.1, -0.05) is 19.9 Å². The van der Waals surface area contributed by atoms with Gasteiger partial charge in [-0.15, -0.1) is 11.3 Å². The third-order valence-corrected chi connectivity index (χ3v) is 5.10. The second-order valence-electron chi connectivity index (χ2n) is 5.95. The molecule has 0 radical (unpaired) electrons. The Labute approximate surface area is 115 Å². The Kier molecular flexibility index (Phi) is 4.82. The molecule has 2 nitrogen and oxygen atoms in total. The van der Waals surface area contributed by atoms with Crippen LogP contribution in [0.4, 0.5) is 0 Å². The lowest BCUT2D eigenvalue weighted by Crippen LogP contribution is -2.47. The Hall–Kier alpha value is -0.380. The first-order valence-corrected chi connectivity index (χ1v) is 7.95. The van der Waals surface area contributed by atoms with Crippen LogP contribution in [-0.4, -0.2) is 30.6 Å². The first-order chi connectivity index (χ1) is 8.58. The van der Waals surface area contributed by atoms with Gasteiger partial charge in [0.05, 0.1) is 0 Å². The van der Waals surface area contributed by atoms with Gasteiger partial charge in [0.15, 0.2) is 0 Å². The quantitative estimate of drug-likeness (QED) is 0.897. The van der Waals surface area contributed by atoms with Gasteiger partial charge in [0, 0.05) is 23.0 Å². The molecule has 102 valence electrons. The van der Waals surface area contributed by atoms with Gasteiger partial charge in [0.2, 0.25) is 0 Å². The summed E-state index contributed by atoms with van der Waals surface area (Å²) < 4.78 is 0. The van der Waals surface area contributed by atoms with Gasteiger partial charge in [-0.05, 0) is 50.7 Å². The van der Waals surface area contributed by atoms with Crippen molar-refractivity contribution < 1.29 is 0 Å². The van der Waals surface area contributed by atoms with E-state index in [1.807, 2.05) is 11.3 Å². The van der Waals surface area contributed by atoms with E-state index < -0.39 is 0 Å². The summed E-state index contributed by atoms with van der Waals surface area (Å²) in [7, 11) is 2.24. The molecule has 1 aliphatic heterocycles. The van der Waals surface area contributed by atoms with E-state index in [0.29, 0.717) is 24.0 Å². The molecule has 3 atom stereocenters. The van der Waals surface area contributed by atoms with Crippen LogP contribution in [-0.2, 0) is 0 Å². The minimum absolute atomic E-state index is 0.519. The van der Waals surface area contributed by atoms with Crippen LogP contribution in [0.1, 0.15) is 44.5 Å². The molecular formula is C15H26N2S. The Morgan fingerprint density at radius 1 is 1.44 bits per heavy atom. The molecule has 1 N–H and O–H groups in total. The number of rotatable bonds is 4. The number of nitrogens with zero attached hydrogens (tertiary/aromatic N) is 1. The van der Waals surface area contributed by atoms with Crippen molar-refractivity contribution in [2.24, 2.45) is 5.92 Å². The average Bonchev–Trinajstić information content (AvgIpc) is 2.83. The van der Waals surface area contributed by atoms with E-state index in [-0.39, 0.29) is 0 Å². The third-order valence-electron chi connectivity index (χ3n) is 4.14. The van der Waals surface area contributed by atoms with Gasteiger partial charge in [-0.2, -0.15) is 0 Å². The van der Waals surface area contributed by atoms with Crippen LogP contribution in [0.5, 0.6) is 0 Å². The van der Waals surface area contributed by atoms with Gasteiger partial charge >= 0.3 is 0 Å². The van der Waals surface area contributed by atoms with Crippen LogP contribution in [0.3, 0.4) is 0 Å². The lowest BCUT2D eigenvalue weighted by Gasteiger charge is -2.38. The second kappa shape index (κ2) is 6.18. The van der Waals surface area contributed by atoms with Crippen molar-refractivity contribution in [3.63, 3.8) is 0 Å². The fourth-order valence-corrected chi connectivity index (χ4v) is 3.72. The predicted octanol–water partition coefficient (Wildman–Crippen LogP) is 3.52. The smallest absolute Gasteiger partial charge is 0.0440 e. The van der Waals surface area contributed by atoms with Crippen molar-refractivity contribution >= 4 is 11.3 Å². The van der Waals surface area contributed by atoms with Gasteiger partial charge in [0.1, 0.15) is 0 Å². The number of thiophene rings is 1. The highest BCUT2D eigenvalue weighted by Gasteiger charge is 2.26. The first kappa shape index (κ1) is 14.0. The van der Waals surface area contributed by atoms with Crippen molar-refractivity contribution in [1.29, 1.82) is 0 Å². The molecular weight excluding hydrogens is 240 g/mol. The van der Waals surface area contributed by atoms with Crippen molar-refractivity contribution in [2.75, 3.05) is 13.6 Å². The zero-order valence-electron chi connectivity index (χ0n) is 12.0. The monoisotopic (exact) mass is 266 g/mol. The van der Waals surface area contributed by atoms with Crippen molar-refractivity contribution in [1.82, 2.24) is 10.2 Å². The number of nitrogens with one attached hydrogen (secondary N) is 1. The van der Waals surface area contributed by atoms with Gasteiger partial charge in [-0.3, -0.25) is 0 Å². The molecule has 2 rings (SSSR count). The molecule has 3 heteroatoms. The van der Waals surface area contributed by atoms with Gasteiger partial charge in [-0.25, -0.2) is 0 Å². The summed E-state index contributed by atoms with van der Waals surface area (Å²) in [5.74, 6) is 0.651. The normalized spacial score (nSPS) is 27.6. The molecule has 0 aliphatic carbocycles. The highest BCUT2D eigenvalue weighted by Crippen LogP contribution is 2.28. The van der Waals surface area contributed by atoms with E-state index in [2.05, 4.69) is 55.5 Å². The van der Waals surface area contributed by atoms with Crippen molar-refractivity contribution in [3.05, 3.63) is 22.4 Å². The van der Waals surface area contributed by atoms with Crippen LogP contribution in [0.15, 0.2) is 17.5 Å². The first-order valence-electron chi connectivity index (χ1n) is 7.07. The second-order valence-corrected chi connectivity index (χ2v) is 6.93. The SMILES string of the molecule is CC(C)C(NC1CCN(C)C(C)C1)c1cccs1. The predicted molar refractivity (Wildman–Crippen MR) is 80.1 cm³/mol. The molecule has 0 bridgehead atoms. The number of likely N-dealkylation sites (tertiary alicyclic amines) is 1. The van der Waals surface area contributed by atoms with Gasteiger partial charge < -0.3 is 10.2 Å². The summed E-state index contributed by atoms with van der Waals surface area (Å²) in [5, 5.41) is 6.08. The molecule has 3 unspecified atom stereocenters. The van der Waals surface area contributed by atoms with Gasteiger partial charge in [0.25, 0.3) is 0 Å². The minimum atomic E-state index is 0.519. The molecule has 1 saturated heterocycles. The summed E-state index contributed by atoms with van der Waals surface area (Å²) in [6.07, 6.45) is 2.54. The molecule has 1 fully saturated rings. The maximum absolute atomic E-state index is 3.89. The van der Waals surface area contributed by atoms with E-state index in [4.69, 9.17) is 0 Å². The summed E-state index contributed by atoms with van der Waals surface area (Å²) in [5.41, 5.74) is 0.